The predicted molar refractivity (Wildman–Crippen MR) is 85.5 cm³/mol. The Morgan fingerprint density at radius 1 is 1.29 bits per heavy atom. The van der Waals surface area contributed by atoms with E-state index in [0.717, 1.165) is 36.3 Å². The molecule has 0 aliphatic carbocycles. The van der Waals surface area contributed by atoms with E-state index < -0.39 is 5.41 Å². The number of aryl methyl sites for hydroxylation is 1. The summed E-state index contributed by atoms with van der Waals surface area (Å²) in [5, 5.41) is 2.95. The number of benzene rings is 1. The summed E-state index contributed by atoms with van der Waals surface area (Å²) >= 11 is 0. The zero-order valence-corrected chi connectivity index (χ0v) is 13.3. The summed E-state index contributed by atoms with van der Waals surface area (Å²) in [4.78, 5) is 25.9. The minimum atomic E-state index is -0.417. The molecule has 0 bridgehead atoms. The van der Waals surface area contributed by atoms with Crippen LogP contribution in [0, 0.1) is 5.41 Å². The number of rotatable bonds is 2. The van der Waals surface area contributed by atoms with Gasteiger partial charge < -0.3 is 10.2 Å². The topological polar surface area (TPSA) is 49.4 Å². The maximum Gasteiger partial charge on any atom is 0.229 e. The molecule has 0 radical (unpaired) electrons. The van der Waals surface area contributed by atoms with Crippen LogP contribution in [-0.4, -0.2) is 18.4 Å². The highest BCUT2D eigenvalue weighted by molar-refractivity contribution is 5.97. The Kier molecular flexibility index (Phi) is 4.35. The van der Waals surface area contributed by atoms with Gasteiger partial charge in [-0.15, -0.1) is 0 Å². The predicted octanol–water partition coefficient (Wildman–Crippen LogP) is 3.36. The molecule has 1 heterocycles. The van der Waals surface area contributed by atoms with Crippen LogP contribution in [0.5, 0.6) is 0 Å². The molecule has 0 unspecified atom stereocenters. The fourth-order valence-electron chi connectivity index (χ4n) is 2.44. The SMILES string of the molecule is CCC(=O)N1CCCc2cc(NC(=O)C(C)(C)C)ccc21. The van der Waals surface area contributed by atoms with Crippen LogP contribution in [0.3, 0.4) is 0 Å². The lowest BCUT2D eigenvalue weighted by molar-refractivity contribution is -0.123. The fraction of sp³-hybridized carbons (Fsp3) is 0.529. The minimum Gasteiger partial charge on any atom is -0.326 e. The third-order valence-electron chi connectivity index (χ3n) is 3.74. The molecular formula is C17H24N2O2. The van der Waals surface area contributed by atoms with E-state index in [1.807, 2.05) is 50.8 Å². The molecule has 21 heavy (non-hydrogen) atoms. The summed E-state index contributed by atoms with van der Waals surface area (Å²) in [6.07, 6.45) is 2.43. The Hall–Kier alpha value is -1.84. The van der Waals surface area contributed by atoms with Crippen LogP contribution in [0.1, 0.15) is 46.1 Å². The summed E-state index contributed by atoms with van der Waals surface area (Å²) in [6.45, 7) is 8.34. The highest BCUT2D eigenvalue weighted by Crippen LogP contribution is 2.30. The van der Waals surface area contributed by atoms with Crippen molar-refractivity contribution in [3.63, 3.8) is 0 Å². The first-order valence-corrected chi connectivity index (χ1v) is 7.57. The number of amides is 2. The van der Waals surface area contributed by atoms with Gasteiger partial charge in [-0.3, -0.25) is 9.59 Å². The summed E-state index contributed by atoms with van der Waals surface area (Å²) < 4.78 is 0. The van der Waals surface area contributed by atoms with Crippen LogP contribution < -0.4 is 10.2 Å². The highest BCUT2D eigenvalue weighted by atomic mass is 16.2. The van der Waals surface area contributed by atoms with Gasteiger partial charge in [-0.2, -0.15) is 0 Å². The Morgan fingerprint density at radius 3 is 2.62 bits per heavy atom. The second-order valence-corrected chi connectivity index (χ2v) is 6.55. The third-order valence-corrected chi connectivity index (χ3v) is 3.74. The minimum absolute atomic E-state index is 0.000231. The molecule has 2 rings (SSSR count). The maximum absolute atomic E-state index is 12.0. The Morgan fingerprint density at radius 2 is 2.00 bits per heavy atom. The van der Waals surface area contributed by atoms with Crippen LogP contribution >= 0.6 is 0 Å². The molecule has 1 aliphatic rings. The van der Waals surface area contributed by atoms with Gasteiger partial charge in [0.15, 0.2) is 0 Å². The average Bonchev–Trinajstić information content (AvgIpc) is 2.44. The number of anilines is 2. The van der Waals surface area contributed by atoms with Gasteiger partial charge in [-0.25, -0.2) is 0 Å². The molecule has 2 amide bonds. The molecule has 0 atom stereocenters. The number of carbonyl (C=O) groups excluding carboxylic acids is 2. The number of carbonyl (C=O) groups is 2. The Balaban J connectivity index is 2.23. The van der Waals surface area contributed by atoms with Gasteiger partial charge in [0.2, 0.25) is 11.8 Å². The van der Waals surface area contributed by atoms with Gasteiger partial charge in [0.25, 0.3) is 0 Å². The van der Waals surface area contributed by atoms with Crippen molar-refractivity contribution in [1.29, 1.82) is 0 Å². The van der Waals surface area contributed by atoms with Gasteiger partial charge in [0.1, 0.15) is 0 Å². The zero-order valence-electron chi connectivity index (χ0n) is 13.3. The van der Waals surface area contributed by atoms with Crippen LogP contribution in [0.15, 0.2) is 18.2 Å². The molecule has 1 aromatic carbocycles. The van der Waals surface area contributed by atoms with E-state index in [-0.39, 0.29) is 11.8 Å². The van der Waals surface area contributed by atoms with Gasteiger partial charge in [-0.1, -0.05) is 27.7 Å². The first-order chi connectivity index (χ1) is 9.82. The summed E-state index contributed by atoms with van der Waals surface area (Å²) in [7, 11) is 0. The largest absolute Gasteiger partial charge is 0.326 e. The van der Waals surface area contributed by atoms with Crippen molar-refractivity contribution >= 4 is 23.2 Å². The quantitative estimate of drug-likeness (QED) is 0.907. The first kappa shape index (κ1) is 15.5. The van der Waals surface area contributed by atoms with E-state index in [9.17, 15) is 9.59 Å². The Bertz CT molecular complexity index is 558. The third kappa shape index (κ3) is 3.43. The van der Waals surface area contributed by atoms with E-state index in [2.05, 4.69) is 5.32 Å². The van der Waals surface area contributed by atoms with E-state index >= 15 is 0 Å². The maximum atomic E-state index is 12.0. The fourth-order valence-corrected chi connectivity index (χ4v) is 2.44. The molecule has 4 heteroatoms. The molecule has 1 N–H and O–H groups in total. The van der Waals surface area contributed by atoms with Gasteiger partial charge >= 0.3 is 0 Å². The lowest BCUT2D eigenvalue weighted by atomic mass is 9.95. The standard InChI is InChI=1S/C17H24N2O2/c1-5-15(20)19-10-6-7-12-11-13(8-9-14(12)19)18-16(21)17(2,3)4/h8-9,11H,5-7,10H2,1-4H3,(H,18,21). The molecule has 4 nitrogen and oxygen atoms in total. The van der Waals surface area contributed by atoms with Crippen molar-refractivity contribution in [3.05, 3.63) is 23.8 Å². The number of nitrogens with zero attached hydrogens (tertiary/aromatic N) is 1. The number of hydrogen-bond acceptors (Lipinski definition) is 2. The van der Waals surface area contributed by atoms with Crippen LogP contribution in [0.25, 0.3) is 0 Å². The zero-order chi connectivity index (χ0) is 15.6. The smallest absolute Gasteiger partial charge is 0.229 e. The first-order valence-electron chi connectivity index (χ1n) is 7.57. The van der Waals surface area contributed by atoms with E-state index in [0.29, 0.717) is 6.42 Å². The molecular weight excluding hydrogens is 264 g/mol. The van der Waals surface area contributed by atoms with Crippen molar-refractivity contribution in [2.24, 2.45) is 5.41 Å². The normalized spacial score (nSPS) is 14.6. The Labute approximate surface area is 126 Å². The highest BCUT2D eigenvalue weighted by Gasteiger charge is 2.24. The van der Waals surface area contributed by atoms with Crippen LogP contribution in [-0.2, 0) is 16.0 Å². The molecule has 0 saturated carbocycles. The second kappa shape index (κ2) is 5.88. The molecule has 0 spiro atoms. The van der Waals surface area contributed by atoms with Gasteiger partial charge in [-0.05, 0) is 36.6 Å². The van der Waals surface area contributed by atoms with E-state index in [1.165, 1.54) is 0 Å². The molecule has 114 valence electrons. The summed E-state index contributed by atoms with van der Waals surface area (Å²) in [5.41, 5.74) is 2.51. The van der Waals surface area contributed by atoms with Crippen molar-refractivity contribution in [2.45, 2.75) is 47.0 Å². The molecule has 0 fully saturated rings. The number of nitrogens with one attached hydrogen (secondary N) is 1. The van der Waals surface area contributed by atoms with Gasteiger partial charge in [0, 0.05) is 29.8 Å². The lowest BCUT2D eigenvalue weighted by Crippen LogP contribution is -2.35. The second-order valence-electron chi connectivity index (χ2n) is 6.55. The van der Waals surface area contributed by atoms with E-state index in [4.69, 9.17) is 0 Å². The monoisotopic (exact) mass is 288 g/mol. The molecule has 1 aromatic rings. The van der Waals surface area contributed by atoms with E-state index in [1.54, 1.807) is 0 Å². The summed E-state index contributed by atoms with van der Waals surface area (Å²) in [5.74, 6) is 0.155. The average molecular weight is 288 g/mol. The summed E-state index contributed by atoms with van der Waals surface area (Å²) in [6, 6.07) is 5.82. The van der Waals surface area contributed by atoms with Crippen LogP contribution in [0.2, 0.25) is 0 Å². The lowest BCUT2D eigenvalue weighted by Gasteiger charge is -2.30. The number of fused-ring (bicyclic) bond motifs is 1. The molecule has 1 aliphatic heterocycles. The molecule has 0 saturated heterocycles. The van der Waals surface area contributed by atoms with Crippen molar-refractivity contribution in [2.75, 3.05) is 16.8 Å². The molecule has 0 aromatic heterocycles. The van der Waals surface area contributed by atoms with Crippen molar-refractivity contribution < 1.29 is 9.59 Å². The van der Waals surface area contributed by atoms with Gasteiger partial charge in [0.05, 0.1) is 0 Å². The van der Waals surface area contributed by atoms with Crippen molar-refractivity contribution in [3.8, 4) is 0 Å². The van der Waals surface area contributed by atoms with Crippen LogP contribution in [0.4, 0.5) is 11.4 Å². The number of hydrogen-bond donors (Lipinski definition) is 1. The van der Waals surface area contributed by atoms with Crippen molar-refractivity contribution in [1.82, 2.24) is 0 Å².